The Morgan fingerprint density at radius 1 is 0.362 bits per heavy atom. The summed E-state index contributed by atoms with van der Waals surface area (Å²) in [7, 11) is 0. The second kappa shape index (κ2) is 47.1. The van der Waals surface area contributed by atoms with Gasteiger partial charge in [-0.1, -0.05) is 198 Å². The molecule has 0 aromatic heterocycles. The predicted molar refractivity (Wildman–Crippen MR) is 247 cm³/mol. The molecule has 0 saturated heterocycles. The molecule has 58 heavy (non-hydrogen) atoms. The normalized spacial score (nSPS) is 12.4. The van der Waals surface area contributed by atoms with Crippen molar-refractivity contribution in [3.8, 4) is 0 Å². The number of ether oxygens (including phenoxy) is 3. The van der Waals surface area contributed by atoms with E-state index in [1.165, 1.54) is 122 Å². The third kappa shape index (κ3) is 44.5. The van der Waals surface area contributed by atoms with Crippen molar-refractivity contribution < 1.29 is 28.6 Å². The number of allylic oxidation sites excluding steroid dienone is 8. The molecule has 0 fully saturated rings. The molecule has 0 aliphatic heterocycles. The summed E-state index contributed by atoms with van der Waals surface area (Å²) in [5, 5.41) is 0. The fourth-order valence-corrected chi connectivity index (χ4v) is 6.86. The SMILES string of the molecule is CC/C=C\C/C=C\C/C=C\CCCCCC(=O)OC(COC(=O)CCCCCCCCC/C=C\CCCCCCCC)COC(=O)CCCCCCCCCCCC. The van der Waals surface area contributed by atoms with Crippen LogP contribution in [-0.2, 0) is 28.6 Å². The highest BCUT2D eigenvalue weighted by atomic mass is 16.6. The van der Waals surface area contributed by atoms with E-state index in [1.807, 2.05) is 0 Å². The van der Waals surface area contributed by atoms with Crippen molar-refractivity contribution in [2.75, 3.05) is 13.2 Å². The minimum Gasteiger partial charge on any atom is -0.462 e. The summed E-state index contributed by atoms with van der Waals surface area (Å²) in [4.78, 5) is 37.8. The van der Waals surface area contributed by atoms with Crippen LogP contribution in [0, 0.1) is 0 Å². The van der Waals surface area contributed by atoms with Crippen molar-refractivity contribution in [1.29, 1.82) is 0 Å². The fraction of sp³-hybridized carbons (Fsp3) is 0.788. The average Bonchev–Trinajstić information content (AvgIpc) is 3.22. The van der Waals surface area contributed by atoms with Crippen LogP contribution in [0.1, 0.15) is 245 Å². The summed E-state index contributed by atoms with van der Waals surface area (Å²) in [5.41, 5.74) is 0. The van der Waals surface area contributed by atoms with Crippen molar-refractivity contribution >= 4 is 17.9 Å². The highest BCUT2D eigenvalue weighted by Crippen LogP contribution is 2.14. The van der Waals surface area contributed by atoms with Gasteiger partial charge in [0.15, 0.2) is 6.10 Å². The fourth-order valence-electron chi connectivity index (χ4n) is 6.86. The van der Waals surface area contributed by atoms with Crippen LogP contribution in [0.15, 0.2) is 48.6 Å². The smallest absolute Gasteiger partial charge is 0.306 e. The first-order chi connectivity index (χ1) is 28.5. The highest BCUT2D eigenvalue weighted by Gasteiger charge is 2.19. The van der Waals surface area contributed by atoms with E-state index < -0.39 is 6.10 Å². The van der Waals surface area contributed by atoms with Gasteiger partial charge >= 0.3 is 17.9 Å². The number of carbonyl (C=O) groups is 3. The van der Waals surface area contributed by atoms with E-state index in [4.69, 9.17) is 14.2 Å². The molecule has 0 aromatic carbocycles. The Bertz CT molecular complexity index is 1030. The number of carbonyl (C=O) groups excluding carboxylic acids is 3. The van der Waals surface area contributed by atoms with Crippen molar-refractivity contribution in [2.45, 2.75) is 252 Å². The molecule has 0 radical (unpaired) electrons. The molecule has 0 spiro atoms. The summed E-state index contributed by atoms with van der Waals surface area (Å²) < 4.78 is 16.7. The van der Waals surface area contributed by atoms with Crippen LogP contribution in [0.2, 0.25) is 0 Å². The zero-order chi connectivity index (χ0) is 42.3. The van der Waals surface area contributed by atoms with Crippen LogP contribution in [0.4, 0.5) is 0 Å². The zero-order valence-corrected chi connectivity index (χ0v) is 38.3. The van der Waals surface area contributed by atoms with Crippen molar-refractivity contribution in [1.82, 2.24) is 0 Å². The predicted octanol–water partition coefficient (Wildman–Crippen LogP) is 15.9. The summed E-state index contributed by atoms with van der Waals surface area (Å²) in [6, 6.07) is 0. The van der Waals surface area contributed by atoms with Gasteiger partial charge in [-0.15, -0.1) is 0 Å². The number of esters is 3. The molecule has 0 rings (SSSR count). The minimum absolute atomic E-state index is 0.0847. The van der Waals surface area contributed by atoms with Crippen LogP contribution in [-0.4, -0.2) is 37.2 Å². The van der Waals surface area contributed by atoms with Gasteiger partial charge in [-0.25, -0.2) is 0 Å². The van der Waals surface area contributed by atoms with Crippen molar-refractivity contribution in [2.24, 2.45) is 0 Å². The van der Waals surface area contributed by atoms with Crippen LogP contribution in [0.25, 0.3) is 0 Å². The molecule has 336 valence electrons. The quantitative estimate of drug-likeness (QED) is 0.0264. The van der Waals surface area contributed by atoms with Gasteiger partial charge in [0, 0.05) is 19.3 Å². The standard InChI is InChI=1S/C52H92O6/c1-4-7-10-13-16-19-22-24-25-26-27-29-30-33-36-39-42-45-51(54)57-48-49(47-56-50(53)44-41-38-35-32-21-18-15-12-9-6-3)58-52(55)46-43-40-37-34-31-28-23-20-17-14-11-8-5-2/h8,11,17,20,24-25,28,31,49H,4-7,9-10,12-16,18-19,21-23,26-27,29-30,32-48H2,1-3H3/b11-8-,20-17-,25-24-,31-28-. The van der Waals surface area contributed by atoms with Gasteiger partial charge in [0.2, 0.25) is 0 Å². The Hall–Kier alpha value is -2.63. The maximum absolute atomic E-state index is 12.7. The second-order valence-electron chi connectivity index (χ2n) is 16.3. The van der Waals surface area contributed by atoms with Gasteiger partial charge in [0.1, 0.15) is 13.2 Å². The third-order valence-electron chi connectivity index (χ3n) is 10.6. The minimum atomic E-state index is -0.785. The molecule has 0 aliphatic rings. The van der Waals surface area contributed by atoms with E-state index in [0.29, 0.717) is 19.3 Å². The highest BCUT2D eigenvalue weighted by molar-refractivity contribution is 5.71. The maximum atomic E-state index is 12.7. The number of rotatable bonds is 44. The summed E-state index contributed by atoms with van der Waals surface area (Å²) in [5.74, 6) is -0.917. The topological polar surface area (TPSA) is 78.9 Å². The number of hydrogen-bond acceptors (Lipinski definition) is 6. The monoisotopic (exact) mass is 813 g/mol. The second-order valence-corrected chi connectivity index (χ2v) is 16.3. The molecule has 1 unspecified atom stereocenters. The van der Waals surface area contributed by atoms with Crippen LogP contribution in [0.3, 0.4) is 0 Å². The summed E-state index contributed by atoms with van der Waals surface area (Å²) in [6.45, 7) is 6.48. The lowest BCUT2D eigenvalue weighted by atomic mass is 10.1. The van der Waals surface area contributed by atoms with Crippen LogP contribution < -0.4 is 0 Å². The molecule has 0 heterocycles. The molecule has 0 aliphatic carbocycles. The number of hydrogen-bond donors (Lipinski definition) is 0. The first kappa shape index (κ1) is 55.4. The first-order valence-corrected chi connectivity index (χ1v) is 24.6. The summed E-state index contributed by atoms with van der Waals surface area (Å²) in [6.07, 6.45) is 55.2. The number of unbranched alkanes of at least 4 members (excludes halogenated alkanes) is 25. The van der Waals surface area contributed by atoms with Crippen LogP contribution in [0.5, 0.6) is 0 Å². The third-order valence-corrected chi connectivity index (χ3v) is 10.6. The lowest BCUT2D eigenvalue weighted by molar-refractivity contribution is -0.167. The van der Waals surface area contributed by atoms with Gasteiger partial charge in [0.05, 0.1) is 0 Å². The van der Waals surface area contributed by atoms with Crippen molar-refractivity contribution in [3.63, 3.8) is 0 Å². The molecule has 0 amide bonds. The Balaban J connectivity index is 4.37. The largest absolute Gasteiger partial charge is 0.462 e. The van der Waals surface area contributed by atoms with Crippen molar-refractivity contribution in [3.05, 3.63) is 48.6 Å². The van der Waals surface area contributed by atoms with E-state index in [2.05, 4.69) is 69.4 Å². The van der Waals surface area contributed by atoms with Gasteiger partial charge in [-0.2, -0.15) is 0 Å². The molecule has 0 bridgehead atoms. The van der Waals surface area contributed by atoms with Gasteiger partial charge in [-0.05, 0) is 77.0 Å². The Labute approximate surface area is 358 Å². The van der Waals surface area contributed by atoms with E-state index in [-0.39, 0.29) is 31.1 Å². The molecule has 6 nitrogen and oxygen atoms in total. The Morgan fingerprint density at radius 2 is 0.672 bits per heavy atom. The lowest BCUT2D eigenvalue weighted by Crippen LogP contribution is -2.30. The van der Waals surface area contributed by atoms with E-state index in [1.54, 1.807) is 0 Å². The van der Waals surface area contributed by atoms with E-state index >= 15 is 0 Å². The lowest BCUT2D eigenvalue weighted by Gasteiger charge is -2.18. The molecular weight excluding hydrogens is 721 g/mol. The Morgan fingerprint density at radius 3 is 1.09 bits per heavy atom. The summed E-state index contributed by atoms with van der Waals surface area (Å²) >= 11 is 0. The van der Waals surface area contributed by atoms with Gasteiger partial charge in [-0.3, -0.25) is 14.4 Å². The molecule has 1 atom stereocenters. The van der Waals surface area contributed by atoms with Gasteiger partial charge < -0.3 is 14.2 Å². The first-order valence-electron chi connectivity index (χ1n) is 24.6. The van der Waals surface area contributed by atoms with E-state index in [0.717, 1.165) is 83.5 Å². The van der Waals surface area contributed by atoms with Crippen LogP contribution >= 0.6 is 0 Å². The van der Waals surface area contributed by atoms with Gasteiger partial charge in [0.25, 0.3) is 0 Å². The zero-order valence-electron chi connectivity index (χ0n) is 38.3. The van der Waals surface area contributed by atoms with E-state index in [9.17, 15) is 14.4 Å². The molecule has 0 aromatic rings. The maximum Gasteiger partial charge on any atom is 0.306 e. The molecular formula is C52H92O6. The molecule has 6 heteroatoms. The Kier molecular flexibility index (Phi) is 44.9. The molecule has 0 N–H and O–H groups in total. The molecule has 0 saturated carbocycles. The average molecular weight is 813 g/mol.